The zero-order chi connectivity index (χ0) is 19.6. The Balaban J connectivity index is 1.57. The summed E-state index contributed by atoms with van der Waals surface area (Å²) in [5.74, 6) is 0. The van der Waals surface area contributed by atoms with Gasteiger partial charge in [-0.2, -0.15) is 0 Å². The van der Waals surface area contributed by atoms with Gasteiger partial charge in [-0.15, -0.1) is 0 Å². The molecule has 27 heavy (non-hydrogen) atoms. The first-order valence-corrected chi connectivity index (χ1v) is 10.3. The summed E-state index contributed by atoms with van der Waals surface area (Å²) in [6.07, 6.45) is 3.06. The van der Waals surface area contributed by atoms with Crippen molar-refractivity contribution in [1.29, 1.82) is 0 Å². The van der Waals surface area contributed by atoms with E-state index in [1.165, 1.54) is 5.56 Å². The third-order valence-electron chi connectivity index (χ3n) is 5.40. The highest BCUT2D eigenvalue weighted by atomic mass is 35.5. The van der Waals surface area contributed by atoms with Crippen molar-refractivity contribution in [1.82, 2.24) is 9.80 Å². The van der Waals surface area contributed by atoms with E-state index in [-0.39, 0.29) is 12.2 Å². The predicted octanol–water partition coefficient (Wildman–Crippen LogP) is 3.72. The van der Waals surface area contributed by atoms with Crippen LogP contribution in [0.5, 0.6) is 0 Å². The topological polar surface area (TPSA) is 53.0 Å². The summed E-state index contributed by atoms with van der Waals surface area (Å²) in [6, 6.07) is 8.71. The third kappa shape index (κ3) is 5.59. The summed E-state index contributed by atoms with van der Waals surface area (Å²) < 4.78 is 5.49. The summed E-state index contributed by atoms with van der Waals surface area (Å²) in [5.41, 5.74) is 0.783. The van der Waals surface area contributed by atoms with E-state index in [0.29, 0.717) is 25.2 Å². The Morgan fingerprint density at radius 1 is 1.22 bits per heavy atom. The number of aliphatic hydroxyl groups is 1. The second kappa shape index (κ2) is 8.38. The number of carbonyl (C=O) groups is 1. The van der Waals surface area contributed by atoms with E-state index in [1.807, 2.05) is 37.8 Å². The third-order valence-corrected chi connectivity index (χ3v) is 5.66. The quantitative estimate of drug-likeness (QED) is 0.848. The van der Waals surface area contributed by atoms with Crippen LogP contribution in [0.15, 0.2) is 24.3 Å². The number of rotatable bonds is 3. The average Bonchev–Trinajstić information content (AvgIpc) is 2.96. The number of halogens is 1. The first-order valence-electron chi connectivity index (χ1n) is 9.87. The van der Waals surface area contributed by atoms with Crippen molar-refractivity contribution < 1.29 is 14.6 Å². The number of carbonyl (C=O) groups excluding carboxylic acids is 1. The van der Waals surface area contributed by atoms with Gasteiger partial charge in [-0.25, -0.2) is 4.79 Å². The van der Waals surface area contributed by atoms with E-state index in [9.17, 15) is 9.90 Å². The fraction of sp³-hybridized carbons (Fsp3) is 0.667. The molecule has 2 aliphatic rings. The van der Waals surface area contributed by atoms with Crippen molar-refractivity contribution in [3.05, 3.63) is 34.9 Å². The summed E-state index contributed by atoms with van der Waals surface area (Å²) in [5, 5.41) is 11.0. The van der Waals surface area contributed by atoms with Gasteiger partial charge in [0, 0.05) is 36.7 Å². The summed E-state index contributed by atoms with van der Waals surface area (Å²) >= 11 is 5.99. The second-order valence-corrected chi connectivity index (χ2v) is 9.21. The Morgan fingerprint density at radius 3 is 2.44 bits per heavy atom. The number of piperidine rings is 1. The Morgan fingerprint density at radius 2 is 1.85 bits per heavy atom. The summed E-state index contributed by atoms with van der Waals surface area (Å²) in [4.78, 5) is 16.5. The lowest BCUT2D eigenvalue weighted by Gasteiger charge is -2.39. The number of β-amino-alcohol motifs (C(OH)–C–C–N with tert-alkyl or cyclic N) is 1. The van der Waals surface area contributed by atoms with Gasteiger partial charge in [-0.3, -0.25) is 4.90 Å². The van der Waals surface area contributed by atoms with Gasteiger partial charge < -0.3 is 14.7 Å². The molecular weight excluding hydrogens is 364 g/mol. The first kappa shape index (κ1) is 20.4. The molecule has 2 fully saturated rings. The van der Waals surface area contributed by atoms with E-state index in [4.69, 9.17) is 16.3 Å². The van der Waals surface area contributed by atoms with Gasteiger partial charge in [0.1, 0.15) is 5.60 Å². The molecule has 2 unspecified atom stereocenters. The normalized spacial score (nSPS) is 25.0. The highest BCUT2D eigenvalue weighted by Gasteiger charge is 2.37. The van der Waals surface area contributed by atoms with Crippen LogP contribution in [-0.4, -0.2) is 64.4 Å². The molecule has 2 heterocycles. The van der Waals surface area contributed by atoms with Gasteiger partial charge in [0.25, 0.3) is 0 Å². The monoisotopic (exact) mass is 394 g/mol. The largest absolute Gasteiger partial charge is 0.444 e. The standard InChI is InChI=1S/C21H31ClN2O3/c1-21(2,3)27-20(26)23-10-8-17(9-11-23)24-14-19(25)13-18(24)12-15-4-6-16(22)7-5-15/h4-7,17-19,25H,8-14H2,1-3H3. The van der Waals surface area contributed by atoms with E-state index in [1.54, 1.807) is 0 Å². The van der Waals surface area contributed by atoms with Crippen LogP contribution >= 0.6 is 11.6 Å². The molecule has 1 N–H and O–H groups in total. The molecule has 0 saturated carbocycles. The Bertz CT molecular complexity index is 636. The molecule has 1 aromatic rings. The van der Waals surface area contributed by atoms with Gasteiger partial charge in [-0.1, -0.05) is 23.7 Å². The molecule has 150 valence electrons. The molecule has 3 rings (SSSR count). The van der Waals surface area contributed by atoms with E-state index >= 15 is 0 Å². The Kier molecular flexibility index (Phi) is 6.34. The molecule has 2 atom stereocenters. The van der Waals surface area contributed by atoms with Crippen LogP contribution in [0, 0.1) is 0 Å². The second-order valence-electron chi connectivity index (χ2n) is 8.77. The van der Waals surface area contributed by atoms with Crippen LogP contribution in [-0.2, 0) is 11.2 Å². The lowest BCUT2D eigenvalue weighted by Crippen LogP contribution is -2.49. The van der Waals surface area contributed by atoms with Crippen LogP contribution in [0.1, 0.15) is 45.6 Å². The lowest BCUT2D eigenvalue weighted by atomic mass is 9.99. The van der Waals surface area contributed by atoms with Gasteiger partial charge in [0.2, 0.25) is 0 Å². The van der Waals surface area contributed by atoms with Crippen LogP contribution in [0.25, 0.3) is 0 Å². The first-order chi connectivity index (χ1) is 12.7. The van der Waals surface area contributed by atoms with E-state index in [2.05, 4.69) is 17.0 Å². The summed E-state index contributed by atoms with van der Waals surface area (Å²) in [6.45, 7) is 7.81. The molecule has 6 heteroatoms. The molecule has 0 spiro atoms. The van der Waals surface area contributed by atoms with Gasteiger partial charge in [0.15, 0.2) is 0 Å². The molecule has 0 bridgehead atoms. The molecule has 0 aromatic heterocycles. The highest BCUT2D eigenvalue weighted by Crippen LogP contribution is 2.29. The SMILES string of the molecule is CC(C)(C)OC(=O)N1CCC(N2CC(O)CC2Cc2ccc(Cl)cc2)CC1. The van der Waals surface area contributed by atoms with Crippen LogP contribution in [0.4, 0.5) is 4.79 Å². The zero-order valence-corrected chi connectivity index (χ0v) is 17.3. The molecule has 0 radical (unpaired) electrons. The molecule has 0 aliphatic carbocycles. The van der Waals surface area contributed by atoms with Crippen LogP contribution < -0.4 is 0 Å². The summed E-state index contributed by atoms with van der Waals surface area (Å²) in [7, 11) is 0. The minimum absolute atomic E-state index is 0.222. The van der Waals surface area contributed by atoms with Gasteiger partial charge in [-0.05, 0) is 64.2 Å². The van der Waals surface area contributed by atoms with Gasteiger partial charge in [0.05, 0.1) is 6.10 Å². The number of hydrogen-bond donors (Lipinski definition) is 1. The molecule has 1 amide bonds. The molecule has 2 aliphatic heterocycles. The van der Waals surface area contributed by atoms with E-state index in [0.717, 1.165) is 37.3 Å². The van der Waals surface area contributed by atoms with Crippen molar-refractivity contribution in [2.24, 2.45) is 0 Å². The smallest absolute Gasteiger partial charge is 0.410 e. The fourth-order valence-electron chi connectivity index (χ4n) is 4.16. The molecular formula is C21H31ClN2O3. The fourth-order valence-corrected chi connectivity index (χ4v) is 4.29. The number of ether oxygens (including phenoxy) is 1. The molecule has 2 saturated heterocycles. The maximum Gasteiger partial charge on any atom is 0.410 e. The van der Waals surface area contributed by atoms with Crippen molar-refractivity contribution >= 4 is 17.7 Å². The minimum Gasteiger partial charge on any atom is -0.444 e. The Labute approximate surface area is 167 Å². The number of benzene rings is 1. The number of amides is 1. The maximum absolute atomic E-state index is 12.3. The number of hydrogen-bond acceptors (Lipinski definition) is 4. The maximum atomic E-state index is 12.3. The van der Waals surface area contributed by atoms with Crippen molar-refractivity contribution in [2.75, 3.05) is 19.6 Å². The predicted molar refractivity (Wildman–Crippen MR) is 107 cm³/mol. The average molecular weight is 395 g/mol. The van der Waals surface area contributed by atoms with Crippen molar-refractivity contribution in [3.63, 3.8) is 0 Å². The lowest BCUT2D eigenvalue weighted by molar-refractivity contribution is 0.0128. The van der Waals surface area contributed by atoms with Gasteiger partial charge >= 0.3 is 6.09 Å². The molecule has 1 aromatic carbocycles. The molecule has 5 nitrogen and oxygen atoms in total. The number of aliphatic hydroxyl groups excluding tert-OH is 1. The van der Waals surface area contributed by atoms with Crippen molar-refractivity contribution in [3.8, 4) is 0 Å². The Hall–Kier alpha value is -1.30. The highest BCUT2D eigenvalue weighted by molar-refractivity contribution is 6.30. The number of likely N-dealkylation sites (tertiary alicyclic amines) is 2. The van der Waals surface area contributed by atoms with Crippen LogP contribution in [0.3, 0.4) is 0 Å². The number of nitrogens with zero attached hydrogens (tertiary/aromatic N) is 2. The minimum atomic E-state index is -0.462. The van der Waals surface area contributed by atoms with Crippen molar-refractivity contribution in [2.45, 2.75) is 70.2 Å². The van der Waals surface area contributed by atoms with E-state index < -0.39 is 5.60 Å². The zero-order valence-electron chi connectivity index (χ0n) is 16.5. The van der Waals surface area contributed by atoms with Crippen LogP contribution in [0.2, 0.25) is 5.02 Å².